The Balaban J connectivity index is 1.91. The number of fused-ring (bicyclic) bond motifs is 1. The first-order valence-corrected chi connectivity index (χ1v) is 10.4. The zero-order valence-corrected chi connectivity index (χ0v) is 16.8. The molecular weight excluding hydrogens is 380 g/mol. The van der Waals surface area contributed by atoms with Gasteiger partial charge in [-0.25, -0.2) is 13.2 Å². The predicted molar refractivity (Wildman–Crippen MR) is 106 cm³/mol. The fourth-order valence-electron chi connectivity index (χ4n) is 3.28. The van der Waals surface area contributed by atoms with Crippen LogP contribution in [-0.2, 0) is 26.0 Å². The van der Waals surface area contributed by atoms with Crippen LogP contribution in [0.2, 0.25) is 0 Å². The van der Waals surface area contributed by atoms with E-state index in [1.165, 1.54) is 13.2 Å². The van der Waals surface area contributed by atoms with Gasteiger partial charge < -0.3 is 9.64 Å². The van der Waals surface area contributed by atoms with Gasteiger partial charge in [0.25, 0.3) is 10.0 Å². The summed E-state index contributed by atoms with van der Waals surface area (Å²) >= 11 is 0. The molecule has 148 valence electrons. The van der Waals surface area contributed by atoms with Crippen LogP contribution in [0.3, 0.4) is 0 Å². The third-order valence-corrected chi connectivity index (χ3v) is 6.21. The number of anilines is 2. The second-order valence-corrected chi connectivity index (χ2v) is 8.20. The minimum atomic E-state index is -3.86. The number of nitrogens with one attached hydrogen (secondary N) is 1. The van der Waals surface area contributed by atoms with Crippen molar-refractivity contribution in [1.29, 1.82) is 0 Å². The Morgan fingerprint density at radius 3 is 2.64 bits per heavy atom. The van der Waals surface area contributed by atoms with E-state index < -0.39 is 16.0 Å². The largest absolute Gasteiger partial charge is 0.465 e. The quantitative estimate of drug-likeness (QED) is 0.777. The Bertz CT molecular complexity index is 1050. The fraction of sp³-hybridized carbons (Fsp3) is 0.300. The van der Waals surface area contributed by atoms with Gasteiger partial charge in [0.15, 0.2) is 0 Å². The highest BCUT2D eigenvalue weighted by molar-refractivity contribution is 7.92. The number of methoxy groups -OCH3 is 1. The van der Waals surface area contributed by atoms with Crippen LogP contribution in [0, 0.1) is 6.92 Å². The maximum atomic E-state index is 12.9. The first-order valence-electron chi connectivity index (χ1n) is 8.92. The van der Waals surface area contributed by atoms with Crippen molar-refractivity contribution in [3.63, 3.8) is 0 Å². The van der Waals surface area contributed by atoms with Crippen LogP contribution < -0.4 is 9.62 Å². The van der Waals surface area contributed by atoms with Crippen molar-refractivity contribution in [2.24, 2.45) is 0 Å². The molecule has 0 spiro atoms. The molecule has 0 unspecified atom stereocenters. The first kappa shape index (κ1) is 19.9. The zero-order valence-electron chi connectivity index (χ0n) is 16.0. The standard InChI is InChI=1S/C20H22N2O5S/c1-4-19(23)22-11-10-14-12-15(8-9-18(14)22)28(25,26)21-17-7-5-6-16(13(17)2)20(24)27-3/h5-9,12,21H,4,10-11H2,1-3H3. The number of benzene rings is 2. The average Bonchev–Trinajstić information content (AvgIpc) is 3.11. The SMILES string of the molecule is CCC(=O)N1CCc2cc(S(=O)(=O)Nc3cccc(C(=O)OC)c3C)ccc21. The van der Waals surface area contributed by atoms with Crippen molar-refractivity contribution in [1.82, 2.24) is 0 Å². The Hall–Kier alpha value is -2.87. The summed E-state index contributed by atoms with van der Waals surface area (Å²) in [7, 11) is -2.58. The molecule has 8 heteroatoms. The third kappa shape index (κ3) is 3.60. The lowest BCUT2D eigenvalue weighted by molar-refractivity contribution is -0.118. The van der Waals surface area contributed by atoms with Crippen molar-refractivity contribution in [2.45, 2.75) is 31.6 Å². The molecule has 7 nitrogen and oxygen atoms in total. The minimum absolute atomic E-state index is 0.0164. The number of ether oxygens (including phenoxy) is 1. The average molecular weight is 402 g/mol. The van der Waals surface area contributed by atoms with E-state index >= 15 is 0 Å². The van der Waals surface area contributed by atoms with E-state index in [-0.39, 0.29) is 10.8 Å². The van der Waals surface area contributed by atoms with Gasteiger partial charge in [-0.05, 0) is 54.8 Å². The van der Waals surface area contributed by atoms with Crippen LogP contribution in [0.5, 0.6) is 0 Å². The molecule has 0 bridgehead atoms. The first-order chi connectivity index (χ1) is 13.3. The van der Waals surface area contributed by atoms with Crippen molar-refractivity contribution in [3.8, 4) is 0 Å². The Morgan fingerprint density at radius 1 is 1.21 bits per heavy atom. The highest BCUT2D eigenvalue weighted by Gasteiger charge is 2.26. The van der Waals surface area contributed by atoms with Gasteiger partial charge in [-0.2, -0.15) is 0 Å². The highest BCUT2D eigenvalue weighted by atomic mass is 32.2. The van der Waals surface area contributed by atoms with Crippen molar-refractivity contribution < 1.29 is 22.7 Å². The van der Waals surface area contributed by atoms with Gasteiger partial charge >= 0.3 is 5.97 Å². The summed E-state index contributed by atoms with van der Waals surface area (Å²) in [6, 6.07) is 9.51. The summed E-state index contributed by atoms with van der Waals surface area (Å²) in [4.78, 5) is 25.6. The molecular formula is C20H22N2O5S. The molecule has 28 heavy (non-hydrogen) atoms. The fourth-order valence-corrected chi connectivity index (χ4v) is 4.45. The van der Waals surface area contributed by atoms with Crippen molar-refractivity contribution in [3.05, 3.63) is 53.1 Å². The van der Waals surface area contributed by atoms with E-state index in [0.717, 1.165) is 11.3 Å². The smallest absolute Gasteiger partial charge is 0.338 e. The number of esters is 1. The number of carbonyl (C=O) groups is 2. The third-order valence-electron chi connectivity index (χ3n) is 4.84. The van der Waals surface area contributed by atoms with Crippen LogP contribution in [0.4, 0.5) is 11.4 Å². The van der Waals surface area contributed by atoms with Crippen LogP contribution in [0.1, 0.15) is 34.8 Å². The van der Waals surface area contributed by atoms with Gasteiger partial charge in [0.05, 0.1) is 23.3 Å². The molecule has 0 saturated carbocycles. The van der Waals surface area contributed by atoms with E-state index in [1.807, 2.05) is 0 Å². The molecule has 3 rings (SSSR count). The summed E-state index contributed by atoms with van der Waals surface area (Å²) in [5, 5.41) is 0. The maximum absolute atomic E-state index is 12.9. The van der Waals surface area contributed by atoms with E-state index in [0.29, 0.717) is 36.2 Å². The molecule has 0 aliphatic carbocycles. The molecule has 1 aliphatic rings. The maximum Gasteiger partial charge on any atom is 0.338 e. The number of sulfonamides is 1. The second-order valence-electron chi connectivity index (χ2n) is 6.51. The lowest BCUT2D eigenvalue weighted by Gasteiger charge is -2.17. The lowest BCUT2D eigenvalue weighted by Crippen LogP contribution is -2.27. The summed E-state index contributed by atoms with van der Waals surface area (Å²) in [5.74, 6) is -0.514. The number of rotatable bonds is 5. The van der Waals surface area contributed by atoms with Gasteiger partial charge in [0.2, 0.25) is 5.91 Å². The second kappa shape index (κ2) is 7.63. The lowest BCUT2D eigenvalue weighted by atomic mass is 10.1. The van der Waals surface area contributed by atoms with Gasteiger partial charge in [0, 0.05) is 18.7 Å². The monoisotopic (exact) mass is 402 g/mol. The number of amides is 1. The van der Waals surface area contributed by atoms with Gasteiger partial charge in [-0.3, -0.25) is 9.52 Å². The molecule has 0 atom stereocenters. The molecule has 1 heterocycles. The van der Waals surface area contributed by atoms with Crippen molar-refractivity contribution in [2.75, 3.05) is 23.3 Å². The molecule has 0 radical (unpaired) electrons. The molecule has 1 aliphatic heterocycles. The van der Waals surface area contributed by atoms with Crippen molar-refractivity contribution >= 4 is 33.3 Å². The number of nitrogens with zero attached hydrogens (tertiary/aromatic N) is 1. The summed E-state index contributed by atoms with van der Waals surface area (Å²) in [6.45, 7) is 4.01. The van der Waals surface area contributed by atoms with Gasteiger partial charge in [-0.1, -0.05) is 13.0 Å². The van der Waals surface area contributed by atoms with E-state index in [4.69, 9.17) is 4.74 Å². The normalized spacial score (nSPS) is 13.2. The van der Waals surface area contributed by atoms with Crippen LogP contribution in [-0.4, -0.2) is 33.9 Å². The zero-order chi connectivity index (χ0) is 20.5. The van der Waals surface area contributed by atoms with E-state index in [2.05, 4.69) is 4.72 Å². The predicted octanol–water partition coefficient (Wildman–Crippen LogP) is 2.88. The van der Waals surface area contributed by atoms with E-state index in [1.54, 1.807) is 49.1 Å². The van der Waals surface area contributed by atoms with Gasteiger partial charge in [-0.15, -0.1) is 0 Å². The highest BCUT2D eigenvalue weighted by Crippen LogP contribution is 2.31. The summed E-state index contributed by atoms with van der Waals surface area (Å²) in [6.07, 6.45) is 1.01. The Kier molecular flexibility index (Phi) is 5.42. The summed E-state index contributed by atoms with van der Waals surface area (Å²) < 4.78 is 33.0. The molecule has 2 aromatic carbocycles. The molecule has 0 aromatic heterocycles. The number of carbonyl (C=O) groups excluding carboxylic acids is 2. The van der Waals surface area contributed by atoms with Gasteiger partial charge in [0.1, 0.15) is 0 Å². The summed E-state index contributed by atoms with van der Waals surface area (Å²) in [5.41, 5.74) is 2.68. The minimum Gasteiger partial charge on any atom is -0.465 e. The Labute approximate surface area is 164 Å². The van der Waals surface area contributed by atoms with E-state index in [9.17, 15) is 18.0 Å². The number of hydrogen-bond acceptors (Lipinski definition) is 5. The molecule has 0 saturated heterocycles. The molecule has 1 amide bonds. The van der Waals surface area contributed by atoms with Crippen LogP contribution >= 0.6 is 0 Å². The Morgan fingerprint density at radius 2 is 1.96 bits per heavy atom. The topological polar surface area (TPSA) is 92.8 Å². The van der Waals surface area contributed by atoms with Crippen LogP contribution in [0.25, 0.3) is 0 Å². The number of hydrogen-bond donors (Lipinski definition) is 1. The molecule has 2 aromatic rings. The molecule has 1 N–H and O–H groups in total. The molecule has 0 fully saturated rings. The van der Waals surface area contributed by atoms with Crippen LogP contribution in [0.15, 0.2) is 41.3 Å².